The van der Waals surface area contributed by atoms with Crippen LogP contribution in [-0.4, -0.2) is 55.1 Å². The summed E-state index contributed by atoms with van der Waals surface area (Å²) in [5.41, 5.74) is 2.64. The number of anilines is 1. The van der Waals surface area contributed by atoms with E-state index in [-0.39, 0.29) is 5.91 Å². The topological polar surface area (TPSA) is 48.5 Å². The third kappa shape index (κ3) is 4.67. The Hall–Kier alpha value is -1.86. The van der Waals surface area contributed by atoms with Gasteiger partial charge < -0.3 is 10.2 Å². The molecule has 3 aromatic rings. The van der Waals surface area contributed by atoms with Crippen LogP contribution in [0.4, 0.5) is 5.13 Å². The van der Waals surface area contributed by atoms with Crippen LogP contribution in [0.25, 0.3) is 10.2 Å². The van der Waals surface area contributed by atoms with Crippen molar-refractivity contribution in [2.75, 3.05) is 44.2 Å². The van der Waals surface area contributed by atoms with Crippen molar-refractivity contribution in [1.29, 1.82) is 0 Å². The van der Waals surface area contributed by atoms with E-state index in [0.29, 0.717) is 17.1 Å². The highest BCUT2D eigenvalue weighted by Crippen LogP contribution is 2.33. The maximum atomic E-state index is 12.2. The number of thiazole rings is 1. The fraction of sp³-hybridized carbons (Fsp3) is 0.333. The Balaban J connectivity index is 1.27. The minimum absolute atomic E-state index is 0.0883. The summed E-state index contributed by atoms with van der Waals surface area (Å²) in [7, 11) is 0. The van der Waals surface area contributed by atoms with Crippen LogP contribution in [0.15, 0.2) is 36.4 Å². The quantitative estimate of drug-likeness (QED) is 0.625. The van der Waals surface area contributed by atoms with Gasteiger partial charge in [0, 0.05) is 54.9 Å². The number of aryl methyl sites for hydroxylation is 1. The third-order valence-corrected chi connectivity index (χ3v) is 6.91. The highest BCUT2D eigenvalue weighted by Gasteiger charge is 2.20. The molecule has 29 heavy (non-hydrogen) atoms. The summed E-state index contributed by atoms with van der Waals surface area (Å²) >= 11 is 13.9. The number of fused-ring (bicyclic) bond motifs is 1. The van der Waals surface area contributed by atoms with E-state index in [1.807, 2.05) is 19.1 Å². The lowest BCUT2D eigenvalue weighted by molar-refractivity contribution is 0.0948. The molecule has 8 heteroatoms. The molecule has 4 rings (SSSR count). The molecule has 0 saturated carbocycles. The average Bonchev–Trinajstić information content (AvgIpc) is 3.16. The molecule has 2 aromatic carbocycles. The molecule has 152 valence electrons. The van der Waals surface area contributed by atoms with E-state index in [1.54, 1.807) is 35.6 Å². The first-order valence-corrected chi connectivity index (χ1v) is 11.2. The van der Waals surface area contributed by atoms with E-state index in [9.17, 15) is 4.79 Å². The second-order valence-electron chi connectivity index (χ2n) is 7.11. The van der Waals surface area contributed by atoms with E-state index in [1.165, 1.54) is 4.70 Å². The molecule has 1 fully saturated rings. The molecular weight excluding hydrogens is 427 g/mol. The molecule has 0 spiro atoms. The van der Waals surface area contributed by atoms with Crippen LogP contribution < -0.4 is 10.2 Å². The van der Waals surface area contributed by atoms with E-state index in [4.69, 9.17) is 28.2 Å². The van der Waals surface area contributed by atoms with E-state index in [0.717, 1.165) is 54.0 Å². The summed E-state index contributed by atoms with van der Waals surface area (Å²) in [4.78, 5) is 21.7. The van der Waals surface area contributed by atoms with Crippen LogP contribution in [-0.2, 0) is 0 Å². The average molecular weight is 449 g/mol. The van der Waals surface area contributed by atoms with Gasteiger partial charge in [0.1, 0.15) is 0 Å². The smallest absolute Gasteiger partial charge is 0.251 e. The minimum Gasteiger partial charge on any atom is -0.351 e. The van der Waals surface area contributed by atoms with Gasteiger partial charge in [-0.3, -0.25) is 9.69 Å². The summed E-state index contributed by atoms with van der Waals surface area (Å²) in [6.45, 7) is 7.21. The van der Waals surface area contributed by atoms with Gasteiger partial charge >= 0.3 is 0 Å². The Morgan fingerprint density at radius 1 is 1.17 bits per heavy atom. The van der Waals surface area contributed by atoms with Crippen molar-refractivity contribution in [3.8, 4) is 0 Å². The standard InChI is InChI=1S/C21H22Cl2N4OS/c1-14-17(23)5-6-18-19(14)25-21(29-18)27-11-9-26(10-12-27)8-7-24-20(28)15-3-2-4-16(22)13-15/h2-6,13H,7-12H2,1H3,(H,24,28). The van der Waals surface area contributed by atoms with E-state index < -0.39 is 0 Å². The largest absolute Gasteiger partial charge is 0.351 e. The lowest BCUT2D eigenvalue weighted by Gasteiger charge is -2.34. The molecule has 5 nitrogen and oxygen atoms in total. The van der Waals surface area contributed by atoms with Crippen molar-refractivity contribution < 1.29 is 4.79 Å². The van der Waals surface area contributed by atoms with Gasteiger partial charge in [-0.1, -0.05) is 40.6 Å². The predicted octanol–water partition coefficient (Wildman–Crippen LogP) is 4.46. The fourth-order valence-corrected chi connectivity index (χ4v) is 4.87. The number of carbonyl (C=O) groups excluding carboxylic acids is 1. The van der Waals surface area contributed by atoms with Crippen molar-refractivity contribution in [2.45, 2.75) is 6.92 Å². The Morgan fingerprint density at radius 3 is 2.72 bits per heavy atom. The minimum atomic E-state index is -0.0883. The number of nitrogens with one attached hydrogen (secondary N) is 1. The van der Waals surface area contributed by atoms with Gasteiger partial charge in [-0.25, -0.2) is 4.98 Å². The highest BCUT2D eigenvalue weighted by molar-refractivity contribution is 7.22. The zero-order chi connectivity index (χ0) is 20.4. The first kappa shape index (κ1) is 20.4. The molecule has 1 aliphatic rings. The van der Waals surface area contributed by atoms with Crippen molar-refractivity contribution in [3.05, 3.63) is 57.6 Å². The van der Waals surface area contributed by atoms with Crippen LogP contribution >= 0.6 is 34.5 Å². The Morgan fingerprint density at radius 2 is 1.97 bits per heavy atom. The molecule has 0 atom stereocenters. The summed E-state index contributed by atoms with van der Waals surface area (Å²) in [6.07, 6.45) is 0. The number of aromatic nitrogens is 1. The van der Waals surface area contributed by atoms with Gasteiger partial charge in [0.2, 0.25) is 0 Å². The molecule has 1 saturated heterocycles. The molecule has 2 heterocycles. The van der Waals surface area contributed by atoms with Crippen LogP contribution in [0.3, 0.4) is 0 Å². The number of rotatable bonds is 5. The van der Waals surface area contributed by atoms with Crippen LogP contribution in [0.5, 0.6) is 0 Å². The predicted molar refractivity (Wildman–Crippen MR) is 122 cm³/mol. The SMILES string of the molecule is Cc1c(Cl)ccc2sc(N3CCN(CCNC(=O)c4cccc(Cl)c4)CC3)nc12. The molecule has 1 aromatic heterocycles. The van der Waals surface area contributed by atoms with Crippen molar-refractivity contribution in [2.24, 2.45) is 0 Å². The number of piperazine rings is 1. The van der Waals surface area contributed by atoms with Gasteiger partial charge in [-0.15, -0.1) is 0 Å². The number of amides is 1. The number of hydrogen-bond donors (Lipinski definition) is 1. The number of nitrogens with zero attached hydrogens (tertiary/aromatic N) is 3. The number of halogens is 2. The molecule has 1 N–H and O–H groups in total. The number of benzene rings is 2. The van der Waals surface area contributed by atoms with Crippen molar-refractivity contribution >= 4 is 55.8 Å². The summed E-state index contributed by atoms with van der Waals surface area (Å²) < 4.78 is 1.17. The second-order valence-corrected chi connectivity index (χ2v) is 8.96. The van der Waals surface area contributed by atoms with Crippen molar-refractivity contribution in [3.63, 3.8) is 0 Å². The molecule has 0 aliphatic carbocycles. The number of hydrogen-bond acceptors (Lipinski definition) is 5. The Labute approximate surface area is 184 Å². The summed E-state index contributed by atoms with van der Waals surface area (Å²) in [5, 5.41) is 5.36. The maximum absolute atomic E-state index is 12.2. The highest BCUT2D eigenvalue weighted by atomic mass is 35.5. The third-order valence-electron chi connectivity index (χ3n) is 5.18. The van der Waals surface area contributed by atoms with Crippen LogP contribution in [0, 0.1) is 6.92 Å². The van der Waals surface area contributed by atoms with Gasteiger partial charge in [0.05, 0.1) is 10.2 Å². The normalized spacial score (nSPS) is 15.1. The Bertz CT molecular complexity index is 1030. The molecule has 1 amide bonds. The summed E-state index contributed by atoms with van der Waals surface area (Å²) in [6, 6.07) is 11.0. The second kappa shape index (κ2) is 8.88. The zero-order valence-electron chi connectivity index (χ0n) is 16.1. The zero-order valence-corrected chi connectivity index (χ0v) is 18.4. The molecule has 0 bridgehead atoms. The maximum Gasteiger partial charge on any atom is 0.251 e. The van der Waals surface area contributed by atoms with Gasteiger partial charge in [-0.2, -0.15) is 0 Å². The summed E-state index contributed by atoms with van der Waals surface area (Å²) in [5.74, 6) is -0.0883. The first-order valence-electron chi connectivity index (χ1n) is 9.58. The van der Waals surface area contributed by atoms with Crippen LogP contribution in [0.1, 0.15) is 15.9 Å². The van der Waals surface area contributed by atoms with Gasteiger partial charge in [-0.05, 0) is 42.8 Å². The number of carbonyl (C=O) groups is 1. The monoisotopic (exact) mass is 448 g/mol. The van der Waals surface area contributed by atoms with Gasteiger partial charge in [0.25, 0.3) is 5.91 Å². The lowest BCUT2D eigenvalue weighted by atomic mass is 10.2. The van der Waals surface area contributed by atoms with Crippen LogP contribution in [0.2, 0.25) is 10.0 Å². The molecule has 0 radical (unpaired) electrons. The molecule has 1 aliphatic heterocycles. The van der Waals surface area contributed by atoms with E-state index in [2.05, 4.69) is 15.1 Å². The molecule has 0 unspecified atom stereocenters. The fourth-order valence-electron chi connectivity index (χ4n) is 3.45. The first-order chi connectivity index (χ1) is 14.0. The molecular formula is C21H22Cl2N4OS. The lowest BCUT2D eigenvalue weighted by Crippen LogP contribution is -2.48. The van der Waals surface area contributed by atoms with E-state index >= 15 is 0 Å². The van der Waals surface area contributed by atoms with Crippen molar-refractivity contribution in [1.82, 2.24) is 15.2 Å². The van der Waals surface area contributed by atoms with Gasteiger partial charge in [0.15, 0.2) is 5.13 Å². The Kier molecular flexibility index (Phi) is 6.25.